The van der Waals surface area contributed by atoms with E-state index in [0.29, 0.717) is 37.2 Å². The monoisotopic (exact) mass is 745 g/mol. The average Bonchev–Trinajstić information content (AvgIpc) is 3.38. The molecule has 0 bridgehead atoms. The number of nitrogens with zero attached hydrogens (tertiary/aromatic N) is 2. The average molecular weight is 746 g/mol. The van der Waals surface area contributed by atoms with Crippen molar-refractivity contribution in [1.29, 1.82) is 0 Å². The molecule has 0 unspecified atom stereocenters. The summed E-state index contributed by atoms with van der Waals surface area (Å²) in [6.45, 7) is 12.9. The Bertz CT molecular complexity index is 1980. The predicted molar refractivity (Wildman–Crippen MR) is 196 cm³/mol. The smallest absolute Gasteiger partial charge is 0.338 e. The third-order valence-corrected chi connectivity index (χ3v) is 11.0. The molecule has 0 aromatic heterocycles. The zero-order valence-corrected chi connectivity index (χ0v) is 31.8. The van der Waals surface area contributed by atoms with Crippen LogP contribution in [0.3, 0.4) is 0 Å². The van der Waals surface area contributed by atoms with E-state index in [-0.39, 0.29) is 43.3 Å². The largest absolute Gasteiger partial charge is 0.462 e. The third-order valence-electron chi connectivity index (χ3n) is 9.36. The van der Waals surface area contributed by atoms with E-state index >= 15 is 0 Å². The summed E-state index contributed by atoms with van der Waals surface area (Å²) in [5.41, 5.74) is 4.82. The van der Waals surface area contributed by atoms with Gasteiger partial charge < -0.3 is 14.4 Å². The van der Waals surface area contributed by atoms with Crippen molar-refractivity contribution in [2.75, 3.05) is 36.1 Å². The van der Waals surface area contributed by atoms with Gasteiger partial charge in [0.2, 0.25) is 5.69 Å². The van der Waals surface area contributed by atoms with Crippen molar-refractivity contribution < 1.29 is 49.6 Å². The molecule has 12 nitrogen and oxygen atoms in total. The van der Waals surface area contributed by atoms with Crippen LogP contribution in [0.1, 0.15) is 95.1 Å². The maximum Gasteiger partial charge on any atom is 0.338 e. The van der Waals surface area contributed by atoms with Crippen LogP contribution in [0.15, 0.2) is 60.3 Å². The molecule has 2 N–H and O–H groups in total. The summed E-state index contributed by atoms with van der Waals surface area (Å²) in [5.74, 6) is -1.01. The lowest BCUT2D eigenvalue weighted by Crippen LogP contribution is -2.28. The molecule has 2 heterocycles. The van der Waals surface area contributed by atoms with Crippen LogP contribution in [-0.2, 0) is 40.6 Å². The number of benzene rings is 2. The summed E-state index contributed by atoms with van der Waals surface area (Å²) in [6.07, 6.45) is 7.70. The molecule has 0 spiro atoms. The van der Waals surface area contributed by atoms with Crippen LogP contribution in [0.2, 0.25) is 0 Å². The number of esters is 2. The third kappa shape index (κ3) is 9.53. The fourth-order valence-electron chi connectivity index (χ4n) is 6.76. The lowest BCUT2D eigenvalue weighted by atomic mass is 9.81. The molecule has 2 aromatic carbocycles. The number of carbonyl (C=O) groups is 2. The number of anilines is 1. The molecule has 4 rings (SSSR count). The number of carbonyl (C=O) groups excluding carboxylic acids is 2. The van der Waals surface area contributed by atoms with Crippen LogP contribution < -0.4 is 9.64 Å². The van der Waals surface area contributed by atoms with Gasteiger partial charge in [-0.05, 0) is 82.0 Å². The number of allylic oxidation sites excluding steroid dienone is 4. The topological polar surface area (TPSA) is 168 Å². The molecule has 0 amide bonds. The number of hydrogen-bond acceptors (Lipinski definition) is 9. The SMILES string of the molecule is CCOC(=O)c1ccc2c(c1)C(C)(C)/C(=C\C=CC1=[N+](CCCCS(=O)(=O)O)c3ccc(OC(=O)CC)cc3C1(C)C)N2CCCCS(=O)(=O)O. The van der Waals surface area contributed by atoms with E-state index in [4.69, 9.17) is 9.47 Å². The van der Waals surface area contributed by atoms with Crippen molar-refractivity contribution in [2.24, 2.45) is 0 Å². The second-order valence-corrected chi connectivity index (χ2v) is 16.9. The van der Waals surface area contributed by atoms with Crippen molar-refractivity contribution in [2.45, 2.75) is 84.5 Å². The summed E-state index contributed by atoms with van der Waals surface area (Å²) < 4.78 is 77.0. The maximum absolute atomic E-state index is 12.6. The Morgan fingerprint density at radius 2 is 1.53 bits per heavy atom. The lowest BCUT2D eigenvalue weighted by Gasteiger charge is -2.27. The molecular formula is C37H49N2O10S2+. The van der Waals surface area contributed by atoms with Crippen LogP contribution in [-0.4, -0.2) is 79.4 Å². The van der Waals surface area contributed by atoms with E-state index in [1.807, 2.05) is 42.5 Å². The highest BCUT2D eigenvalue weighted by molar-refractivity contribution is 7.86. The first-order valence-electron chi connectivity index (χ1n) is 17.2. The van der Waals surface area contributed by atoms with Crippen molar-refractivity contribution in [3.05, 3.63) is 77.0 Å². The minimum atomic E-state index is -4.10. The van der Waals surface area contributed by atoms with E-state index in [2.05, 4.69) is 37.2 Å². The number of rotatable bonds is 16. The molecule has 278 valence electrons. The van der Waals surface area contributed by atoms with E-state index in [9.17, 15) is 35.5 Å². The Morgan fingerprint density at radius 3 is 2.16 bits per heavy atom. The standard InChI is InChI=1S/C37H48N2O10S2/c1-7-34(40)49-27-17-19-31-29(25-27)37(5,6)33(39(31)21-10-12-23-51(45,46)47)15-13-14-32-36(3,4)28-24-26(35(41)48-8-2)16-18-30(28)38(32)20-9-11-22-50(42,43)44/h13-19,24-25H,7-12,20-23H2,1-6H3,(H-,42,43,44,45,46,47)/p+1. The lowest BCUT2D eigenvalue weighted by molar-refractivity contribution is -0.438. The molecule has 0 saturated carbocycles. The van der Waals surface area contributed by atoms with Gasteiger partial charge in [-0.3, -0.25) is 13.9 Å². The van der Waals surface area contributed by atoms with Crippen LogP contribution >= 0.6 is 0 Å². The van der Waals surface area contributed by atoms with E-state index in [1.54, 1.807) is 26.0 Å². The van der Waals surface area contributed by atoms with Gasteiger partial charge >= 0.3 is 11.9 Å². The Balaban J connectivity index is 1.75. The van der Waals surface area contributed by atoms with Gasteiger partial charge in [-0.1, -0.05) is 26.8 Å². The summed E-state index contributed by atoms with van der Waals surface area (Å²) in [6, 6.07) is 10.9. The first-order chi connectivity index (χ1) is 23.8. The molecule has 0 aliphatic carbocycles. The zero-order chi connectivity index (χ0) is 37.8. The van der Waals surface area contributed by atoms with Crippen molar-refractivity contribution in [3.8, 4) is 5.75 Å². The molecule has 0 radical (unpaired) electrons. The molecule has 0 atom stereocenters. The predicted octanol–water partition coefficient (Wildman–Crippen LogP) is 6.13. The number of ether oxygens (including phenoxy) is 2. The van der Waals surface area contributed by atoms with Crippen molar-refractivity contribution >= 4 is 49.3 Å². The van der Waals surface area contributed by atoms with Gasteiger partial charge in [0.1, 0.15) is 12.3 Å². The van der Waals surface area contributed by atoms with Crippen LogP contribution in [0.25, 0.3) is 0 Å². The minimum absolute atomic E-state index is 0.233. The van der Waals surface area contributed by atoms with E-state index in [0.717, 1.165) is 33.9 Å². The van der Waals surface area contributed by atoms with Gasteiger partial charge in [-0.15, -0.1) is 0 Å². The summed E-state index contributed by atoms with van der Waals surface area (Å²) >= 11 is 0. The van der Waals surface area contributed by atoms with Gasteiger partial charge in [0.05, 0.1) is 29.1 Å². The molecule has 14 heteroatoms. The van der Waals surface area contributed by atoms with Gasteiger partial charge in [-0.25, -0.2) is 4.79 Å². The zero-order valence-electron chi connectivity index (χ0n) is 30.1. The fraction of sp³-hybridized carbons (Fsp3) is 0.486. The quantitative estimate of drug-likeness (QED) is 0.0667. The maximum atomic E-state index is 12.6. The Labute approximate surface area is 301 Å². The summed E-state index contributed by atoms with van der Waals surface area (Å²) in [5, 5.41) is 0. The highest BCUT2D eigenvalue weighted by Crippen LogP contribution is 2.48. The van der Waals surface area contributed by atoms with Crippen molar-refractivity contribution in [3.63, 3.8) is 0 Å². The molecule has 2 aliphatic rings. The van der Waals surface area contributed by atoms with Gasteiger partial charge in [0, 0.05) is 53.9 Å². The van der Waals surface area contributed by atoms with Gasteiger partial charge in [-0.2, -0.15) is 21.4 Å². The minimum Gasteiger partial charge on any atom is -0.462 e. The van der Waals surface area contributed by atoms with Crippen LogP contribution in [0.5, 0.6) is 5.75 Å². The Morgan fingerprint density at radius 1 is 0.863 bits per heavy atom. The van der Waals surface area contributed by atoms with Gasteiger partial charge in [0.15, 0.2) is 5.71 Å². The number of hydrogen-bond donors (Lipinski definition) is 2. The normalized spacial score (nSPS) is 17.3. The summed E-state index contributed by atoms with van der Waals surface area (Å²) in [7, 11) is -8.19. The Hall–Kier alpha value is -3.85. The molecule has 0 fully saturated rings. The highest BCUT2D eigenvalue weighted by Gasteiger charge is 2.45. The second-order valence-electron chi connectivity index (χ2n) is 13.8. The van der Waals surface area contributed by atoms with E-state index < -0.39 is 37.0 Å². The number of fused-ring (bicyclic) bond motifs is 2. The van der Waals surface area contributed by atoms with Crippen LogP contribution in [0.4, 0.5) is 11.4 Å². The van der Waals surface area contributed by atoms with Crippen molar-refractivity contribution in [1.82, 2.24) is 0 Å². The molecule has 51 heavy (non-hydrogen) atoms. The first-order valence-corrected chi connectivity index (χ1v) is 20.4. The molecule has 2 aromatic rings. The fourth-order valence-corrected chi connectivity index (χ4v) is 7.90. The first kappa shape index (κ1) is 39.9. The van der Waals surface area contributed by atoms with E-state index in [1.165, 1.54) is 0 Å². The molecule has 2 aliphatic heterocycles. The van der Waals surface area contributed by atoms with Gasteiger partial charge in [0.25, 0.3) is 20.2 Å². The molecule has 0 saturated heterocycles. The number of unbranched alkanes of at least 4 members (excludes halogenated alkanes) is 2. The Kier molecular flexibility index (Phi) is 12.4. The molecular weight excluding hydrogens is 697 g/mol. The second kappa shape index (κ2) is 15.8. The summed E-state index contributed by atoms with van der Waals surface area (Å²) in [4.78, 5) is 26.8. The van der Waals surface area contributed by atoms with Crippen LogP contribution in [0, 0.1) is 0 Å². The highest BCUT2D eigenvalue weighted by atomic mass is 32.2.